The average molecular weight is 225 g/mol. The van der Waals surface area contributed by atoms with Crippen molar-refractivity contribution >= 4 is 0 Å². The fourth-order valence-corrected chi connectivity index (χ4v) is 1.70. The second-order valence-electron chi connectivity index (χ2n) is 5.05. The molecule has 0 aromatic carbocycles. The summed E-state index contributed by atoms with van der Waals surface area (Å²) < 4.78 is 0. The number of hydrogen-bond acceptors (Lipinski definition) is 3. The van der Waals surface area contributed by atoms with Crippen LogP contribution in [0, 0.1) is 23.2 Å². The van der Waals surface area contributed by atoms with Crippen LogP contribution in [0.4, 0.5) is 0 Å². The zero-order valence-corrected chi connectivity index (χ0v) is 11.5. The Kier molecular flexibility index (Phi) is 8.23. The van der Waals surface area contributed by atoms with Crippen LogP contribution in [0.1, 0.15) is 34.6 Å². The van der Waals surface area contributed by atoms with Gasteiger partial charge in [-0.1, -0.05) is 27.7 Å². The molecule has 0 amide bonds. The van der Waals surface area contributed by atoms with Gasteiger partial charge in [0.05, 0.1) is 12.0 Å². The predicted molar refractivity (Wildman–Crippen MR) is 69.2 cm³/mol. The maximum Gasteiger partial charge on any atom is 0.0666 e. The Bertz CT molecular complexity index is 208. The first kappa shape index (κ1) is 15.4. The van der Waals surface area contributed by atoms with Gasteiger partial charge in [0.1, 0.15) is 0 Å². The van der Waals surface area contributed by atoms with E-state index >= 15 is 0 Å². The quantitative estimate of drug-likeness (QED) is 0.687. The van der Waals surface area contributed by atoms with Crippen LogP contribution in [0.2, 0.25) is 0 Å². The van der Waals surface area contributed by atoms with Gasteiger partial charge in [-0.2, -0.15) is 5.26 Å². The summed E-state index contributed by atoms with van der Waals surface area (Å²) in [5.74, 6) is 0.762. The summed E-state index contributed by atoms with van der Waals surface area (Å²) in [5, 5.41) is 12.3. The van der Waals surface area contributed by atoms with E-state index in [0.29, 0.717) is 12.0 Å². The summed E-state index contributed by atoms with van der Waals surface area (Å²) >= 11 is 0. The number of nitrogens with one attached hydrogen (secondary N) is 1. The molecule has 0 aromatic heterocycles. The molecular formula is C13H27N3. The first-order valence-electron chi connectivity index (χ1n) is 6.34. The molecule has 0 saturated heterocycles. The van der Waals surface area contributed by atoms with E-state index in [1.807, 2.05) is 6.92 Å². The Hall–Kier alpha value is -0.590. The third kappa shape index (κ3) is 7.67. The molecule has 0 spiro atoms. The minimum Gasteiger partial charge on any atom is -0.314 e. The molecule has 3 heteroatoms. The van der Waals surface area contributed by atoms with Crippen LogP contribution < -0.4 is 5.32 Å². The SMILES string of the molecule is CCN(CC(C)C#N)CC(C)CNC(C)C. The molecule has 94 valence electrons. The Balaban J connectivity index is 3.88. The largest absolute Gasteiger partial charge is 0.314 e. The van der Waals surface area contributed by atoms with Crippen molar-refractivity contribution in [3.63, 3.8) is 0 Å². The highest BCUT2D eigenvalue weighted by molar-refractivity contribution is 4.81. The summed E-state index contributed by atoms with van der Waals surface area (Å²) in [6, 6.07) is 2.85. The van der Waals surface area contributed by atoms with Crippen molar-refractivity contribution in [2.45, 2.75) is 40.7 Å². The van der Waals surface area contributed by atoms with E-state index in [1.165, 1.54) is 0 Å². The van der Waals surface area contributed by atoms with Crippen molar-refractivity contribution in [3.8, 4) is 6.07 Å². The molecule has 0 bridgehead atoms. The lowest BCUT2D eigenvalue weighted by Crippen LogP contribution is -2.37. The molecule has 2 atom stereocenters. The zero-order valence-electron chi connectivity index (χ0n) is 11.5. The molecule has 0 heterocycles. The molecule has 0 aliphatic heterocycles. The molecule has 0 aliphatic carbocycles. The van der Waals surface area contributed by atoms with Gasteiger partial charge in [-0.3, -0.25) is 0 Å². The van der Waals surface area contributed by atoms with E-state index in [9.17, 15) is 0 Å². The van der Waals surface area contributed by atoms with Gasteiger partial charge in [0.25, 0.3) is 0 Å². The van der Waals surface area contributed by atoms with Crippen molar-refractivity contribution in [2.75, 3.05) is 26.2 Å². The molecule has 2 unspecified atom stereocenters. The van der Waals surface area contributed by atoms with Crippen molar-refractivity contribution in [3.05, 3.63) is 0 Å². The summed E-state index contributed by atoms with van der Waals surface area (Å²) in [5.41, 5.74) is 0. The van der Waals surface area contributed by atoms with Gasteiger partial charge in [-0.05, 0) is 25.9 Å². The topological polar surface area (TPSA) is 39.1 Å². The highest BCUT2D eigenvalue weighted by Gasteiger charge is 2.11. The lowest BCUT2D eigenvalue weighted by Gasteiger charge is -2.25. The van der Waals surface area contributed by atoms with Gasteiger partial charge >= 0.3 is 0 Å². The smallest absolute Gasteiger partial charge is 0.0666 e. The summed E-state index contributed by atoms with van der Waals surface area (Å²) in [6.45, 7) is 14.8. The van der Waals surface area contributed by atoms with Gasteiger partial charge in [0.2, 0.25) is 0 Å². The second kappa shape index (κ2) is 8.55. The molecular weight excluding hydrogens is 198 g/mol. The predicted octanol–water partition coefficient (Wildman–Crippen LogP) is 2.10. The van der Waals surface area contributed by atoms with Crippen molar-refractivity contribution in [1.82, 2.24) is 10.2 Å². The van der Waals surface area contributed by atoms with E-state index in [2.05, 4.69) is 44.0 Å². The lowest BCUT2D eigenvalue weighted by atomic mass is 10.1. The molecule has 0 fully saturated rings. The van der Waals surface area contributed by atoms with Crippen LogP contribution in [-0.2, 0) is 0 Å². The van der Waals surface area contributed by atoms with Crippen LogP contribution in [-0.4, -0.2) is 37.1 Å². The fourth-order valence-electron chi connectivity index (χ4n) is 1.70. The van der Waals surface area contributed by atoms with Gasteiger partial charge < -0.3 is 10.2 Å². The van der Waals surface area contributed by atoms with Gasteiger partial charge in [-0.25, -0.2) is 0 Å². The maximum atomic E-state index is 8.80. The lowest BCUT2D eigenvalue weighted by molar-refractivity contribution is 0.229. The monoisotopic (exact) mass is 225 g/mol. The van der Waals surface area contributed by atoms with Gasteiger partial charge in [0.15, 0.2) is 0 Å². The van der Waals surface area contributed by atoms with Crippen molar-refractivity contribution in [2.24, 2.45) is 11.8 Å². The van der Waals surface area contributed by atoms with E-state index in [4.69, 9.17) is 5.26 Å². The average Bonchev–Trinajstić information content (AvgIpc) is 2.25. The number of nitriles is 1. The maximum absolute atomic E-state index is 8.80. The van der Waals surface area contributed by atoms with Crippen LogP contribution in [0.25, 0.3) is 0 Å². The zero-order chi connectivity index (χ0) is 12.6. The first-order valence-corrected chi connectivity index (χ1v) is 6.34. The Morgan fingerprint density at radius 1 is 1.19 bits per heavy atom. The van der Waals surface area contributed by atoms with Crippen LogP contribution in [0.3, 0.4) is 0 Å². The third-order valence-corrected chi connectivity index (χ3v) is 2.64. The Morgan fingerprint density at radius 3 is 2.25 bits per heavy atom. The van der Waals surface area contributed by atoms with Crippen LogP contribution >= 0.6 is 0 Å². The van der Waals surface area contributed by atoms with Crippen LogP contribution in [0.5, 0.6) is 0 Å². The minimum absolute atomic E-state index is 0.130. The molecule has 0 rings (SSSR count). The summed E-state index contributed by atoms with van der Waals surface area (Å²) in [4.78, 5) is 2.36. The van der Waals surface area contributed by atoms with Gasteiger partial charge in [-0.15, -0.1) is 0 Å². The fraction of sp³-hybridized carbons (Fsp3) is 0.923. The van der Waals surface area contributed by atoms with Crippen molar-refractivity contribution in [1.29, 1.82) is 5.26 Å². The molecule has 0 saturated carbocycles. The standard InChI is InChI=1S/C13H27N3/c1-6-16(9-12(4)7-14)10-13(5)8-15-11(2)3/h11-13,15H,6,8-10H2,1-5H3. The van der Waals surface area contributed by atoms with Crippen molar-refractivity contribution < 1.29 is 0 Å². The first-order chi connectivity index (χ1) is 7.49. The number of hydrogen-bond donors (Lipinski definition) is 1. The van der Waals surface area contributed by atoms with E-state index in [-0.39, 0.29) is 5.92 Å². The molecule has 0 aliphatic rings. The Morgan fingerprint density at radius 2 is 1.81 bits per heavy atom. The van der Waals surface area contributed by atoms with E-state index in [1.54, 1.807) is 0 Å². The highest BCUT2D eigenvalue weighted by atomic mass is 15.1. The third-order valence-electron chi connectivity index (χ3n) is 2.64. The van der Waals surface area contributed by atoms with Gasteiger partial charge in [0, 0.05) is 19.1 Å². The minimum atomic E-state index is 0.130. The van der Waals surface area contributed by atoms with E-state index in [0.717, 1.165) is 26.2 Å². The molecule has 16 heavy (non-hydrogen) atoms. The molecule has 3 nitrogen and oxygen atoms in total. The molecule has 1 N–H and O–H groups in total. The normalized spacial score (nSPS) is 15.1. The second-order valence-corrected chi connectivity index (χ2v) is 5.05. The van der Waals surface area contributed by atoms with E-state index < -0.39 is 0 Å². The Labute approximate surface area is 101 Å². The number of nitrogens with zero attached hydrogens (tertiary/aromatic N) is 2. The number of rotatable bonds is 8. The summed E-state index contributed by atoms with van der Waals surface area (Å²) in [6.07, 6.45) is 0. The highest BCUT2D eigenvalue weighted by Crippen LogP contribution is 2.03. The van der Waals surface area contributed by atoms with Crippen LogP contribution in [0.15, 0.2) is 0 Å². The molecule has 0 radical (unpaired) electrons. The molecule has 0 aromatic rings. The summed E-state index contributed by atoms with van der Waals surface area (Å²) in [7, 11) is 0.